The van der Waals surface area contributed by atoms with E-state index >= 15 is 0 Å². The summed E-state index contributed by atoms with van der Waals surface area (Å²) in [5.41, 5.74) is 16.3. The Labute approximate surface area is 427 Å². The Morgan fingerprint density at radius 2 is 1.46 bits per heavy atom. The number of aromatic nitrogens is 6. The van der Waals surface area contributed by atoms with E-state index in [0.29, 0.717) is 16.9 Å². The van der Waals surface area contributed by atoms with Crippen LogP contribution >= 0.6 is 0 Å². The number of imidazole rings is 1. The van der Waals surface area contributed by atoms with Crippen molar-refractivity contribution in [2.24, 2.45) is 0 Å². The van der Waals surface area contributed by atoms with Crippen LogP contribution in [0.25, 0.3) is 83.3 Å². The first-order valence-corrected chi connectivity index (χ1v) is 28.3. The molecule has 1 aliphatic carbocycles. The molecule has 0 aliphatic heterocycles. The molecule has 11 rings (SSSR count). The first-order valence-electron chi connectivity index (χ1n) is 24.8. The molecule has 0 N–H and O–H groups in total. The van der Waals surface area contributed by atoms with Crippen LogP contribution in [0.2, 0.25) is 19.6 Å². The van der Waals surface area contributed by atoms with Crippen molar-refractivity contribution in [1.29, 1.82) is 0 Å². The third-order valence-electron chi connectivity index (χ3n) is 14.1. The van der Waals surface area contributed by atoms with E-state index in [1.807, 2.05) is 44.3 Å². The van der Waals surface area contributed by atoms with Crippen LogP contribution in [0.5, 0.6) is 0 Å². The van der Waals surface area contributed by atoms with E-state index in [0.717, 1.165) is 67.6 Å². The van der Waals surface area contributed by atoms with Gasteiger partial charge in [0, 0.05) is 49.3 Å². The van der Waals surface area contributed by atoms with Crippen molar-refractivity contribution in [2.75, 3.05) is 0 Å². The SMILES string of the molecule is C[Si](C)(C)c1cnc(-c2[c-]cccc2)cc1C1CCCCC1.Cc1ccc2c(n1)oc1c(-c3nc4ccnc(C)c4n3-c3c(C(C)C)cc(-c4ccc5ccccc5c4)cc3C(C)C)[c-]nc(C)c12.[Ir]. The number of pyridine rings is 4. The van der Waals surface area contributed by atoms with Crippen molar-refractivity contribution >= 4 is 57.1 Å². The Hall–Kier alpha value is -6.12. The molecule has 1 aliphatic rings. The summed E-state index contributed by atoms with van der Waals surface area (Å²) < 4.78 is 8.83. The van der Waals surface area contributed by atoms with Crippen LogP contribution in [0, 0.1) is 33.0 Å². The first kappa shape index (κ1) is 48.9. The van der Waals surface area contributed by atoms with E-state index in [9.17, 15) is 0 Å². The number of furan rings is 1. The van der Waals surface area contributed by atoms with Gasteiger partial charge >= 0.3 is 0 Å². The molecule has 10 aromatic rings. The minimum Gasteiger partial charge on any atom is -0.486 e. The second-order valence-corrected chi connectivity index (χ2v) is 25.8. The van der Waals surface area contributed by atoms with Gasteiger partial charge < -0.3 is 19.0 Å². The number of rotatable bonds is 8. The minimum absolute atomic E-state index is 0. The maximum atomic E-state index is 6.53. The van der Waals surface area contributed by atoms with Gasteiger partial charge in [0.05, 0.1) is 36.2 Å². The summed E-state index contributed by atoms with van der Waals surface area (Å²) in [6.45, 7) is 22.4. The average molecular weight is 1120 g/mol. The smallest absolute Gasteiger partial charge is 0.216 e. The van der Waals surface area contributed by atoms with Gasteiger partial charge in [0.25, 0.3) is 0 Å². The summed E-state index contributed by atoms with van der Waals surface area (Å²) >= 11 is 0. The van der Waals surface area contributed by atoms with Crippen LogP contribution in [0.15, 0.2) is 120 Å². The van der Waals surface area contributed by atoms with E-state index in [1.165, 1.54) is 65.1 Å². The van der Waals surface area contributed by atoms with Gasteiger partial charge in [-0.1, -0.05) is 122 Å². The van der Waals surface area contributed by atoms with Crippen molar-refractivity contribution in [1.82, 2.24) is 29.5 Å². The summed E-state index contributed by atoms with van der Waals surface area (Å²) in [6.07, 6.45) is 14.2. The summed E-state index contributed by atoms with van der Waals surface area (Å²) in [7, 11) is -1.36. The first-order chi connectivity index (χ1) is 33.2. The standard InChI is InChI=1S/C41H36N5O.C20H26NSi.Ir/c1-22(2)32-19-30(29-14-13-27-10-8-9-11-28(27)18-29)20-33(23(3)4)38(32)46-37-26(7)42-17-16-35(37)45-40(46)34-21-43-25(6)36-31-15-12-24(5)44-41(31)47-39(34)36;1-22(2,3)20-15-21-19(17-12-8-5-9-13-17)14-18(20)16-10-6-4-7-11-16;/h8-20,22-23H,1-7H3;5,8-9,12,14-16H,4,6-7,10-11H2,1-3H3;/q2*-1;. The molecule has 6 aromatic heterocycles. The van der Waals surface area contributed by atoms with Crippen molar-refractivity contribution in [2.45, 2.75) is 118 Å². The summed E-state index contributed by atoms with van der Waals surface area (Å²) in [5.74, 6) is 1.92. The second-order valence-electron chi connectivity index (χ2n) is 20.7. The molecule has 0 unspecified atom stereocenters. The molecule has 0 atom stereocenters. The molecule has 0 spiro atoms. The quantitative estimate of drug-likeness (QED) is 0.111. The molecule has 70 heavy (non-hydrogen) atoms. The number of nitrogens with zero attached hydrogens (tertiary/aromatic N) is 6. The fraction of sp³-hybridized carbons (Fsp3) is 0.295. The largest absolute Gasteiger partial charge is 0.486 e. The van der Waals surface area contributed by atoms with E-state index in [-0.39, 0.29) is 31.9 Å². The topological polar surface area (TPSA) is 82.5 Å². The van der Waals surface area contributed by atoms with Gasteiger partial charge in [0.1, 0.15) is 0 Å². The number of hydrogen-bond acceptors (Lipinski definition) is 6. The van der Waals surface area contributed by atoms with Crippen molar-refractivity contribution in [3.8, 4) is 39.5 Å². The monoisotopic (exact) mass is 1120 g/mol. The molecule has 0 saturated heterocycles. The summed E-state index contributed by atoms with van der Waals surface area (Å²) in [4.78, 5) is 24.3. The van der Waals surface area contributed by atoms with Gasteiger partial charge in [0.15, 0.2) is 0 Å². The van der Waals surface area contributed by atoms with E-state index in [2.05, 4.69) is 156 Å². The molecular weight excluding hydrogens is 1050 g/mol. The normalized spacial score (nSPS) is 13.4. The Kier molecular flexibility index (Phi) is 13.9. The fourth-order valence-electron chi connectivity index (χ4n) is 10.5. The average Bonchev–Trinajstić information content (AvgIpc) is 3.94. The minimum atomic E-state index is -1.36. The van der Waals surface area contributed by atoms with E-state index in [1.54, 1.807) is 10.8 Å². The Balaban J connectivity index is 0.000000222. The van der Waals surface area contributed by atoms with Crippen LogP contribution in [-0.2, 0) is 20.1 Å². The number of hydrogen-bond donors (Lipinski definition) is 0. The molecule has 4 aromatic carbocycles. The molecule has 7 nitrogen and oxygen atoms in total. The summed E-state index contributed by atoms with van der Waals surface area (Å²) in [6, 6.07) is 39.9. The number of benzene rings is 4. The van der Waals surface area contributed by atoms with Crippen molar-refractivity contribution in [3.05, 3.63) is 162 Å². The van der Waals surface area contributed by atoms with Gasteiger partial charge in [-0.15, -0.1) is 35.9 Å². The zero-order chi connectivity index (χ0) is 48.1. The molecule has 1 saturated carbocycles. The molecule has 1 fully saturated rings. The van der Waals surface area contributed by atoms with E-state index in [4.69, 9.17) is 29.3 Å². The van der Waals surface area contributed by atoms with Gasteiger partial charge in [-0.3, -0.25) is 9.97 Å². The molecule has 9 heteroatoms. The van der Waals surface area contributed by atoms with Crippen LogP contribution in [-0.4, -0.2) is 37.6 Å². The Bertz CT molecular complexity index is 3500. The molecule has 6 heterocycles. The number of fused-ring (bicyclic) bond motifs is 5. The van der Waals surface area contributed by atoms with Crippen LogP contribution in [0.4, 0.5) is 0 Å². The zero-order valence-corrected chi connectivity index (χ0v) is 45.6. The Morgan fingerprint density at radius 3 is 2.16 bits per heavy atom. The maximum absolute atomic E-state index is 6.53. The van der Waals surface area contributed by atoms with Crippen molar-refractivity contribution in [3.63, 3.8) is 0 Å². The molecule has 0 amide bonds. The zero-order valence-electron chi connectivity index (χ0n) is 42.2. The summed E-state index contributed by atoms with van der Waals surface area (Å²) in [5, 5.41) is 5.91. The maximum Gasteiger partial charge on any atom is 0.216 e. The van der Waals surface area contributed by atoms with Gasteiger partial charge in [-0.05, 0) is 148 Å². The van der Waals surface area contributed by atoms with Gasteiger partial charge in [0.2, 0.25) is 5.71 Å². The third-order valence-corrected chi connectivity index (χ3v) is 16.1. The Morgan fingerprint density at radius 1 is 0.729 bits per heavy atom. The molecular formula is C61H62IrN6OSi-2. The van der Waals surface area contributed by atoms with Crippen LogP contribution < -0.4 is 5.19 Å². The number of aryl methyl sites for hydroxylation is 3. The fourth-order valence-corrected chi connectivity index (χ4v) is 12.1. The third kappa shape index (κ3) is 9.32. The predicted molar refractivity (Wildman–Crippen MR) is 289 cm³/mol. The van der Waals surface area contributed by atoms with E-state index < -0.39 is 8.07 Å². The van der Waals surface area contributed by atoms with Gasteiger partial charge in [-0.25, -0.2) is 4.98 Å². The predicted octanol–water partition coefficient (Wildman–Crippen LogP) is 15.7. The second kappa shape index (κ2) is 19.9. The molecule has 1 radical (unpaired) electrons. The van der Waals surface area contributed by atoms with Crippen molar-refractivity contribution < 1.29 is 24.5 Å². The van der Waals surface area contributed by atoms with Gasteiger partial charge in [-0.2, -0.15) is 0 Å². The molecule has 0 bridgehead atoms. The van der Waals surface area contributed by atoms with Crippen LogP contribution in [0.1, 0.15) is 111 Å². The van der Waals surface area contributed by atoms with Crippen LogP contribution in [0.3, 0.4) is 0 Å². The molecule has 357 valence electrons.